The summed E-state index contributed by atoms with van der Waals surface area (Å²) in [6.07, 6.45) is 6.86. The molecule has 86 valence electrons. The first-order valence-corrected chi connectivity index (χ1v) is 5.12. The lowest BCUT2D eigenvalue weighted by Gasteiger charge is -2.31. The molecular weight excluding hydrogens is 206 g/mol. The van der Waals surface area contributed by atoms with Crippen LogP contribution in [-0.4, -0.2) is 30.9 Å². The Balaban J connectivity index is 2.59. The molecule has 0 aromatic heterocycles. The molecule has 4 heteroatoms. The molecule has 1 heterocycles. The number of dihydropyridines is 1. The zero-order valence-corrected chi connectivity index (χ0v) is 9.65. The molecule has 4 nitrogen and oxygen atoms in total. The third kappa shape index (κ3) is 1.50. The van der Waals surface area contributed by atoms with E-state index in [1.807, 2.05) is 19.1 Å². The van der Waals surface area contributed by atoms with Gasteiger partial charge in [0.25, 0.3) is 0 Å². The van der Waals surface area contributed by atoms with E-state index in [-0.39, 0.29) is 0 Å². The quantitative estimate of drug-likeness (QED) is 0.719. The van der Waals surface area contributed by atoms with Crippen LogP contribution in [0.4, 0.5) is 0 Å². The highest BCUT2D eigenvalue weighted by atomic mass is 16.7. The van der Waals surface area contributed by atoms with Gasteiger partial charge in [-0.05, 0) is 13.3 Å². The number of fused-ring (bicyclic) bond motifs is 1. The zero-order valence-electron chi connectivity index (χ0n) is 9.65. The molecule has 0 fully saturated rings. The van der Waals surface area contributed by atoms with E-state index < -0.39 is 5.91 Å². The van der Waals surface area contributed by atoms with Crippen LogP contribution >= 0.6 is 0 Å². The number of aliphatic imine (C=N–C) groups is 1. The van der Waals surface area contributed by atoms with Crippen LogP contribution in [0.15, 0.2) is 40.1 Å². The van der Waals surface area contributed by atoms with Crippen molar-refractivity contribution in [3.05, 3.63) is 35.1 Å². The van der Waals surface area contributed by atoms with Gasteiger partial charge in [0.1, 0.15) is 0 Å². The SMILES string of the molecule is COC1=C2C=CCC=C2C(C)=NC1(O)OC. The van der Waals surface area contributed by atoms with Gasteiger partial charge in [-0.25, -0.2) is 4.99 Å². The highest BCUT2D eigenvalue weighted by molar-refractivity contribution is 6.04. The largest absolute Gasteiger partial charge is 0.493 e. The summed E-state index contributed by atoms with van der Waals surface area (Å²) in [6.45, 7) is 1.85. The molecule has 1 aliphatic heterocycles. The minimum atomic E-state index is -1.70. The lowest BCUT2D eigenvalue weighted by atomic mass is 9.92. The van der Waals surface area contributed by atoms with Crippen LogP contribution in [0, 0.1) is 0 Å². The molecule has 0 aromatic rings. The summed E-state index contributed by atoms with van der Waals surface area (Å²) in [7, 11) is 2.90. The van der Waals surface area contributed by atoms with E-state index in [1.54, 1.807) is 0 Å². The maximum absolute atomic E-state index is 10.2. The van der Waals surface area contributed by atoms with Gasteiger partial charge in [-0.15, -0.1) is 0 Å². The van der Waals surface area contributed by atoms with Crippen molar-refractivity contribution < 1.29 is 14.6 Å². The van der Waals surface area contributed by atoms with Gasteiger partial charge in [0, 0.05) is 24.0 Å². The summed E-state index contributed by atoms with van der Waals surface area (Å²) in [4.78, 5) is 4.13. The van der Waals surface area contributed by atoms with Crippen LogP contribution in [0.25, 0.3) is 0 Å². The maximum Gasteiger partial charge on any atom is 0.329 e. The summed E-state index contributed by atoms with van der Waals surface area (Å²) < 4.78 is 10.2. The number of rotatable bonds is 2. The minimum absolute atomic E-state index is 0.336. The monoisotopic (exact) mass is 221 g/mol. The van der Waals surface area contributed by atoms with Crippen molar-refractivity contribution in [2.75, 3.05) is 14.2 Å². The molecule has 0 saturated carbocycles. The maximum atomic E-state index is 10.2. The molecule has 0 aromatic carbocycles. The van der Waals surface area contributed by atoms with Gasteiger partial charge in [-0.2, -0.15) is 0 Å². The molecule has 0 radical (unpaired) electrons. The number of hydrogen-bond donors (Lipinski definition) is 1. The number of allylic oxidation sites excluding steroid dienone is 5. The molecule has 1 unspecified atom stereocenters. The lowest BCUT2D eigenvalue weighted by Crippen LogP contribution is -2.37. The van der Waals surface area contributed by atoms with E-state index in [2.05, 4.69) is 11.1 Å². The van der Waals surface area contributed by atoms with E-state index in [0.29, 0.717) is 5.76 Å². The molecule has 0 saturated heterocycles. The Hall–Kier alpha value is -1.39. The van der Waals surface area contributed by atoms with Gasteiger partial charge in [0.2, 0.25) is 0 Å². The van der Waals surface area contributed by atoms with Crippen molar-refractivity contribution >= 4 is 5.71 Å². The van der Waals surface area contributed by atoms with E-state index >= 15 is 0 Å². The number of methoxy groups -OCH3 is 2. The van der Waals surface area contributed by atoms with Crippen LogP contribution in [0.1, 0.15) is 13.3 Å². The van der Waals surface area contributed by atoms with Gasteiger partial charge in [0.15, 0.2) is 5.76 Å². The van der Waals surface area contributed by atoms with Crippen LogP contribution in [0.3, 0.4) is 0 Å². The van der Waals surface area contributed by atoms with Crippen molar-refractivity contribution in [1.29, 1.82) is 0 Å². The van der Waals surface area contributed by atoms with Crippen LogP contribution in [0.5, 0.6) is 0 Å². The number of nitrogens with zero attached hydrogens (tertiary/aromatic N) is 1. The fraction of sp³-hybridized carbons (Fsp3) is 0.417. The van der Waals surface area contributed by atoms with Crippen LogP contribution < -0.4 is 0 Å². The first-order chi connectivity index (χ1) is 7.62. The molecule has 1 aliphatic carbocycles. The third-order valence-corrected chi connectivity index (χ3v) is 2.77. The zero-order chi connectivity index (χ0) is 11.8. The first-order valence-electron chi connectivity index (χ1n) is 5.12. The Morgan fingerprint density at radius 3 is 2.81 bits per heavy atom. The Labute approximate surface area is 94.6 Å². The standard InChI is InChI=1S/C12H15NO3/c1-8-9-6-4-5-7-10(9)11(15-2)12(14,13-8)16-3/h5-7,14H,4H2,1-3H3. The lowest BCUT2D eigenvalue weighted by molar-refractivity contribution is -0.173. The molecule has 1 N–H and O–H groups in total. The van der Waals surface area contributed by atoms with Gasteiger partial charge in [-0.3, -0.25) is 0 Å². The van der Waals surface area contributed by atoms with Crippen molar-refractivity contribution in [3.63, 3.8) is 0 Å². The minimum Gasteiger partial charge on any atom is -0.493 e. The summed E-state index contributed by atoms with van der Waals surface area (Å²) in [5, 5.41) is 10.2. The molecule has 0 spiro atoms. The number of hydrogen-bond acceptors (Lipinski definition) is 4. The average Bonchev–Trinajstić information content (AvgIpc) is 2.30. The van der Waals surface area contributed by atoms with E-state index in [1.165, 1.54) is 14.2 Å². The van der Waals surface area contributed by atoms with Gasteiger partial charge >= 0.3 is 5.91 Å². The van der Waals surface area contributed by atoms with Crippen LogP contribution in [-0.2, 0) is 9.47 Å². The van der Waals surface area contributed by atoms with Crippen molar-refractivity contribution in [2.45, 2.75) is 19.3 Å². The fourth-order valence-corrected chi connectivity index (χ4v) is 2.01. The summed E-state index contributed by atoms with van der Waals surface area (Å²) in [5.74, 6) is -1.37. The predicted molar refractivity (Wildman–Crippen MR) is 60.9 cm³/mol. The Bertz CT molecular complexity index is 432. The number of ether oxygens (including phenoxy) is 2. The Morgan fingerprint density at radius 2 is 2.19 bits per heavy atom. The Kier molecular flexibility index (Phi) is 2.69. The second kappa shape index (κ2) is 3.88. The Morgan fingerprint density at radius 1 is 1.44 bits per heavy atom. The second-order valence-electron chi connectivity index (χ2n) is 3.71. The topological polar surface area (TPSA) is 51.0 Å². The first kappa shape index (κ1) is 11.1. The molecule has 2 aliphatic rings. The molecule has 1 atom stereocenters. The molecule has 16 heavy (non-hydrogen) atoms. The smallest absolute Gasteiger partial charge is 0.329 e. The van der Waals surface area contributed by atoms with E-state index in [4.69, 9.17) is 9.47 Å². The molecule has 0 bridgehead atoms. The molecule has 0 amide bonds. The normalized spacial score (nSPS) is 28.5. The summed E-state index contributed by atoms with van der Waals surface area (Å²) in [6, 6.07) is 0. The number of aliphatic hydroxyl groups is 1. The van der Waals surface area contributed by atoms with Crippen molar-refractivity contribution in [2.24, 2.45) is 4.99 Å². The van der Waals surface area contributed by atoms with Crippen molar-refractivity contribution in [1.82, 2.24) is 0 Å². The fourth-order valence-electron chi connectivity index (χ4n) is 2.01. The highest BCUT2D eigenvalue weighted by Gasteiger charge is 2.40. The van der Waals surface area contributed by atoms with E-state index in [9.17, 15) is 5.11 Å². The van der Waals surface area contributed by atoms with E-state index in [0.717, 1.165) is 23.3 Å². The van der Waals surface area contributed by atoms with Gasteiger partial charge < -0.3 is 14.6 Å². The molecular formula is C12H15NO3. The third-order valence-electron chi connectivity index (χ3n) is 2.77. The second-order valence-corrected chi connectivity index (χ2v) is 3.71. The van der Waals surface area contributed by atoms with Crippen molar-refractivity contribution in [3.8, 4) is 0 Å². The highest BCUT2D eigenvalue weighted by Crippen LogP contribution is 2.35. The van der Waals surface area contributed by atoms with Crippen LogP contribution in [0.2, 0.25) is 0 Å². The van der Waals surface area contributed by atoms with Gasteiger partial charge in [-0.1, -0.05) is 18.2 Å². The molecule has 2 rings (SSSR count). The summed E-state index contributed by atoms with van der Waals surface area (Å²) >= 11 is 0. The summed E-state index contributed by atoms with van der Waals surface area (Å²) in [5.41, 5.74) is 2.59. The van der Waals surface area contributed by atoms with Gasteiger partial charge in [0.05, 0.1) is 7.11 Å². The predicted octanol–water partition coefficient (Wildman–Crippen LogP) is 1.54. The average molecular weight is 221 g/mol.